The second-order valence-electron chi connectivity index (χ2n) is 6.32. The van der Waals surface area contributed by atoms with E-state index in [9.17, 15) is 0 Å². The molecule has 126 valence electrons. The number of fused-ring (bicyclic) bond motifs is 3. The lowest BCUT2D eigenvalue weighted by Gasteiger charge is -2.08. The summed E-state index contributed by atoms with van der Waals surface area (Å²) in [5.41, 5.74) is 11.2. The lowest BCUT2D eigenvalue weighted by Crippen LogP contribution is -2.00. The van der Waals surface area contributed by atoms with Crippen LogP contribution in [0.4, 0.5) is 5.69 Å². The zero-order valence-corrected chi connectivity index (χ0v) is 13.9. The van der Waals surface area contributed by atoms with Crippen molar-refractivity contribution in [1.82, 2.24) is 25.2 Å². The smallest absolute Gasteiger partial charge is 0.204 e. The number of anilines is 1. The fraction of sp³-hybridized carbons (Fsp3) is 0.0500. The van der Waals surface area contributed by atoms with Gasteiger partial charge >= 0.3 is 0 Å². The van der Waals surface area contributed by atoms with Crippen molar-refractivity contribution in [2.24, 2.45) is 0 Å². The predicted molar refractivity (Wildman–Crippen MR) is 103 cm³/mol. The zero-order chi connectivity index (χ0) is 17.5. The topological polar surface area (TPSA) is 85.4 Å². The molecular formula is C20H16N6. The Morgan fingerprint density at radius 2 is 1.77 bits per heavy atom. The van der Waals surface area contributed by atoms with Crippen LogP contribution >= 0.6 is 0 Å². The molecule has 0 saturated carbocycles. The first-order valence-electron chi connectivity index (χ1n) is 8.39. The summed E-state index contributed by atoms with van der Waals surface area (Å²) in [6.45, 7) is 0.761. The number of para-hydroxylation sites is 1. The van der Waals surface area contributed by atoms with Gasteiger partial charge in [-0.05, 0) is 47.2 Å². The van der Waals surface area contributed by atoms with Crippen molar-refractivity contribution in [3.63, 3.8) is 0 Å². The summed E-state index contributed by atoms with van der Waals surface area (Å²) in [4.78, 5) is 0. The molecule has 2 aromatic heterocycles. The third-order valence-corrected chi connectivity index (χ3v) is 4.67. The molecule has 5 rings (SSSR count). The van der Waals surface area contributed by atoms with E-state index in [2.05, 4.69) is 67.7 Å². The van der Waals surface area contributed by atoms with E-state index in [0.717, 1.165) is 17.8 Å². The van der Waals surface area contributed by atoms with E-state index in [4.69, 9.17) is 5.73 Å². The first-order chi connectivity index (χ1) is 12.8. The number of nitrogen functional groups attached to an aromatic ring is 1. The van der Waals surface area contributed by atoms with E-state index in [-0.39, 0.29) is 0 Å². The van der Waals surface area contributed by atoms with Gasteiger partial charge in [0.15, 0.2) is 0 Å². The van der Waals surface area contributed by atoms with Crippen molar-refractivity contribution in [2.75, 3.05) is 5.73 Å². The van der Waals surface area contributed by atoms with Crippen LogP contribution in [0.5, 0.6) is 0 Å². The average molecular weight is 340 g/mol. The maximum absolute atomic E-state index is 5.95. The number of aromatic nitrogens is 5. The quantitative estimate of drug-likeness (QED) is 0.491. The van der Waals surface area contributed by atoms with Gasteiger partial charge in [0.2, 0.25) is 5.82 Å². The fourth-order valence-corrected chi connectivity index (χ4v) is 3.52. The van der Waals surface area contributed by atoms with Crippen LogP contribution in [0.1, 0.15) is 5.56 Å². The Balaban J connectivity index is 1.74. The Morgan fingerprint density at radius 3 is 2.62 bits per heavy atom. The molecule has 3 N–H and O–H groups in total. The van der Waals surface area contributed by atoms with Gasteiger partial charge in [-0.1, -0.05) is 30.3 Å². The molecule has 0 aliphatic rings. The molecule has 5 aromatic rings. The van der Waals surface area contributed by atoms with Crippen LogP contribution < -0.4 is 5.73 Å². The summed E-state index contributed by atoms with van der Waals surface area (Å²) in [5, 5.41) is 16.7. The Hall–Kier alpha value is -3.67. The minimum absolute atomic E-state index is 0.597. The maximum Gasteiger partial charge on any atom is 0.204 e. The summed E-state index contributed by atoms with van der Waals surface area (Å²) >= 11 is 0. The van der Waals surface area contributed by atoms with E-state index in [1.807, 2.05) is 24.3 Å². The van der Waals surface area contributed by atoms with E-state index in [0.29, 0.717) is 5.82 Å². The predicted octanol–water partition coefficient (Wildman–Crippen LogP) is 3.61. The molecule has 26 heavy (non-hydrogen) atoms. The van der Waals surface area contributed by atoms with Crippen LogP contribution in [-0.4, -0.2) is 25.2 Å². The SMILES string of the molecule is Nc1cccc(Cn2c3ccccc3c3cc(-c4nn[nH]n4)ccc32)c1. The van der Waals surface area contributed by atoms with Crippen LogP contribution in [0, 0.1) is 0 Å². The van der Waals surface area contributed by atoms with Crippen molar-refractivity contribution in [3.05, 3.63) is 72.3 Å². The number of H-pyrrole nitrogens is 1. The molecule has 0 spiro atoms. The first-order valence-corrected chi connectivity index (χ1v) is 8.39. The van der Waals surface area contributed by atoms with Crippen molar-refractivity contribution < 1.29 is 0 Å². The molecule has 0 aliphatic heterocycles. The lowest BCUT2D eigenvalue weighted by atomic mass is 10.1. The maximum atomic E-state index is 5.95. The standard InChI is InChI=1S/C20H16N6/c21-15-5-3-4-13(10-15)12-26-18-7-2-1-6-16(18)17-11-14(8-9-19(17)26)20-22-24-25-23-20/h1-11H,12,21H2,(H,22,23,24,25). The zero-order valence-electron chi connectivity index (χ0n) is 13.9. The molecule has 6 heteroatoms. The van der Waals surface area contributed by atoms with Gasteiger partial charge < -0.3 is 10.3 Å². The molecule has 0 bridgehead atoms. The molecule has 2 heterocycles. The van der Waals surface area contributed by atoms with E-state index < -0.39 is 0 Å². The van der Waals surface area contributed by atoms with Gasteiger partial charge in [-0.15, -0.1) is 10.2 Å². The van der Waals surface area contributed by atoms with Crippen LogP contribution in [0.2, 0.25) is 0 Å². The normalized spacial score (nSPS) is 11.4. The van der Waals surface area contributed by atoms with Crippen LogP contribution in [0.25, 0.3) is 33.2 Å². The van der Waals surface area contributed by atoms with Crippen molar-refractivity contribution >= 4 is 27.5 Å². The van der Waals surface area contributed by atoms with Gasteiger partial charge in [0.25, 0.3) is 0 Å². The van der Waals surface area contributed by atoms with Crippen LogP contribution in [-0.2, 0) is 6.54 Å². The molecule has 0 saturated heterocycles. The Morgan fingerprint density at radius 1 is 0.885 bits per heavy atom. The fourth-order valence-electron chi connectivity index (χ4n) is 3.52. The number of aromatic amines is 1. The van der Waals surface area contributed by atoms with Gasteiger partial charge in [-0.3, -0.25) is 0 Å². The number of hydrogen-bond donors (Lipinski definition) is 2. The van der Waals surface area contributed by atoms with Gasteiger partial charge in [0, 0.05) is 39.6 Å². The van der Waals surface area contributed by atoms with E-state index in [1.54, 1.807) is 0 Å². The largest absolute Gasteiger partial charge is 0.399 e. The minimum Gasteiger partial charge on any atom is -0.399 e. The third-order valence-electron chi connectivity index (χ3n) is 4.67. The summed E-state index contributed by atoms with van der Waals surface area (Å²) < 4.78 is 2.32. The Bertz CT molecular complexity index is 1220. The van der Waals surface area contributed by atoms with Gasteiger partial charge in [0.1, 0.15) is 0 Å². The second-order valence-corrected chi connectivity index (χ2v) is 6.32. The molecule has 6 nitrogen and oxygen atoms in total. The van der Waals surface area contributed by atoms with Gasteiger partial charge in [-0.2, -0.15) is 5.21 Å². The van der Waals surface area contributed by atoms with E-state index >= 15 is 0 Å². The first kappa shape index (κ1) is 14.7. The molecule has 0 aliphatic carbocycles. The molecule has 0 unspecified atom stereocenters. The monoisotopic (exact) mass is 340 g/mol. The highest BCUT2D eigenvalue weighted by molar-refractivity contribution is 6.09. The van der Waals surface area contributed by atoms with Crippen molar-refractivity contribution in [1.29, 1.82) is 0 Å². The number of tetrazole rings is 1. The summed E-state index contributed by atoms with van der Waals surface area (Å²) in [5.74, 6) is 0.597. The van der Waals surface area contributed by atoms with Gasteiger partial charge in [0.05, 0.1) is 0 Å². The molecule has 0 amide bonds. The van der Waals surface area contributed by atoms with Crippen molar-refractivity contribution in [3.8, 4) is 11.4 Å². The van der Waals surface area contributed by atoms with E-state index in [1.165, 1.54) is 27.4 Å². The van der Waals surface area contributed by atoms with Crippen LogP contribution in [0.3, 0.4) is 0 Å². The number of rotatable bonds is 3. The highest BCUT2D eigenvalue weighted by atomic mass is 15.5. The second kappa shape index (κ2) is 5.70. The summed E-state index contributed by atoms with van der Waals surface area (Å²) in [6, 6.07) is 22.7. The lowest BCUT2D eigenvalue weighted by molar-refractivity contribution is 0.869. The number of nitrogens with zero attached hydrogens (tertiary/aromatic N) is 4. The molecule has 3 aromatic carbocycles. The van der Waals surface area contributed by atoms with Crippen molar-refractivity contribution in [2.45, 2.75) is 6.54 Å². The number of benzene rings is 3. The highest BCUT2D eigenvalue weighted by Gasteiger charge is 2.13. The number of hydrogen-bond acceptors (Lipinski definition) is 4. The summed E-state index contributed by atoms with van der Waals surface area (Å²) in [6.07, 6.45) is 0. The Labute approximate surface area is 149 Å². The molecule has 0 radical (unpaired) electrons. The molecule has 0 fully saturated rings. The minimum atomic E-state index is 0.597. The molecule has 0 atom stereocenters. The summed E-state index contributed by atoms with van der Waals surface area (Å²) in [7, 11) is 0. The Kier molecular flexibility index (Phi) is 3.21. The van der Waals surface area contributed by atoms with Gasteiger partial charge in [-0.25, -0.2) is 0 Å². The number of nitrogens with one attached hydrogen (secondary N) is 1. The third kappa shape index (κ3) is 2.31. The average Bonchev–Trinajstić information content (AvgIpc) is 3.29. The van der Waals surface area contributed by atoms with Crippen LogP contribution in [0.15, 0.2) is 66.7 Å². The number of nitrogens with two attached hydrogens (primary N) is 1. The molecular weight excluding hydrogens is 324 g/mol. The highest BCUT2D eigenvalue weighted by Crippen LogP contribution is 2.32.